The maximum atomic E-state index is 9.89. The Labute approximate surface area is 183 Å². The van der Waals surface area contributed by atoms with Crippen molar-refractivity contribution in [2.75, 3.05) is 0 Å². The zero-order valence-electron chi connectivity index (χ0n) is 20.7. The smallest absolute Gasteiger partial charge is 0.0650 e. The molecule has 1 nitrogen and oxygen atoms in total. The van der Waals surface area contributed by atoms with Gasteiger partial charge in [0.05, 0.1) is 5.60 Å². The molecule has 0 aliphatic heterocycles. The third-order valence-corrected chi connectivity index (χ3v) is 5.70. The van der Waals surface area contributed by atoms with Crippen molar-refractivity contribution in [2.24, 2.45) is 0 Å². The lowest BCUT2D eigenvalue weighted by molar-refractivity contribution is 0.137. The summed E-state index contributed by atoms with van der Waals surface area (Å²) in [6, 6.07) is 6.85. The first kappa shape index (κ1) is 27.9. The van der Waals surface area contributed by atoms with E-state index in [0.29, 0.717) is 0 Å². The zero-order valence-corrected chi connectivity index (χ0v) is 20.7. The quantitative estimate of drug-likeness (QED) is 0.482. The van der Waals surface area contributed by atoms with E-state index in [2.05, 4.69) is 45.0 Å². The van der Waals surface area contributed by atoms with Crippen LogP contribution in [0.25, 0.3) is 5.57 Å². The number of allylic oxidation sites excluding steroid dienone is 2. The standard InChI is InChI=1S/C19H28O.C5H10.2C2H6/c1-4-7-17(5-2)18-14-16(10-9-15(18)3)8-6-11-19(20)12-13-19;1-2-4-5-3-1;2*1-2/h5,9-10,14,20H,4,6-8,11-13H2,1-3H3;1-5H2;2*1-2H3/b17-5-;;;. The molecular weight excluding hydrogens is 352 g/mol. The number of aliphatic hydroxyl groups is 1. The van der Waals surface area contributed by atoms with Crippen LogP contribution in [-0.2, 0) is 6.42 Å². The second kappa shape index (κ2) is 16.7. The Bertz CT molecular complexity index is 540. The molecule has 0 unspecified atom stereocenters. The summed E-state index contributed by atoms with van der Waals surface area (Å²) < 4.78 is 0. The van der Waals surface area contributed by atoms with Gasteiger partial charge in [0.1, 0.15) is 0 Å². The first-order valence-electron chi connectivity index (χ1n) is 12.6. The molecule has 168 valence electrons. The van der Waals surface area contributed by atoms with Gasteiger partial charge in [0.2, 0.25) is 0 Å². The van der Waals surface area contributed by atoms with Crippen molar-refractivity contribution in [1.29, 1.82) is 0 Å². The molecule has 0 amide bonds. The van der Waals surface area contributed by atoms with Crippen LogP contribution in [0.1, 0.15) is 129 Å². The van der Waals surface area contributed by atoms with Crippen molar-refractivity contribution < 1.29 is 5.11 Å². The molecule has 1 N–H and O–H groups in total. The SMILES string of the molecule is C/C=C(/CCC)c1cc(CCCC2(O)CC2)ccc1C.C1CCCC1.CC.CC. The molecule has 0 spiro atoms. The summed E-state index contributed by atoms with van der Waals surface area (Å²) >= 11 is 0. The number of aryl methyl sites for hydroxylation is 2. The first-order valence-corrected chi connectivity index (χ1v) is 12.6. The molecule has 2 aliphatic carbocycles. The summed E-state index contributed by atoms with van der Waals surface area (Å²) in [6.45, 7) is 14.6. The lowest BCUT2D eigenvalue weighted by atomic mass is 9.93. The average Bonchev–Trinajstić information content (AvgIpc) is 3.22. The highest BCUT2D eigenvalue weighted by Gasteiger charge is 2.39. The molecule has 0 saturated heterocycles. The molecule has 0 atom stereocenters. The van der Waals surface area contributed by atoms with Crippen molar-refractivity contribution in [1.82, 2.24) is 0 Å². The summed E-state index contributed by atoms with van der Waals surface area (Å²) in [5.41, 5.74) is 5.36. The average molecular weight is 403 g/mol. The van der Waals surface area contributed by atoms with Crippen molar-refractivity contribution in [3.05, 3.63) is 41.0 Å². The summed E-state index contributed by atoms with van der Waals surface area (Å²) in [6.07, 6.45) is 17.2. The van der Waals surface area contributed by atoms with Gasteiger partial charge >= 0.3 is 0 Å². The van der Waals surface area contributed by atoms with Crippen molar-refractivity contribution in [2.45, 2.75) is 131 Å². The Kier molecular flexibility index (Phi) is 16.1. The Morgan fingerprint density at radius 3 is 2.00 bits per heavy atom. The van der Waals surface area contributed by atoms with Crippen molar-refractivity contribution in [3.8, 4) is 0 Å². The minimum atomic E-state index is -0.301. The van der Waals surface area contributed by atoms with E-state index in [0.717, 1.165) is 38.5 Å². The highest BCUT2D eigenvalue weighted by atomic mass is 16.3. The Morgan fingerprint density at radius 2 is 1.55 bits per heavy atom. The van der Waals surface area contributed by atoms with Crippen LogP contribution in [-0.4, -0.2) is 10.7 Å². The molecule has 2 saturated carbocycles. The van der Waals surface area contributed by atoms with Crippen LogP contribution in [0, 0.1) is 6.92 Å². The fourth-order valence-electron chi connectivity index (χ4n) is 3.77. The maximum Gasteiger partial charge on any atom is 0.0650 e. The molecule has 1 heteroatoms. The monoisotopic (exact) mass is 402 g/mol. The van der Waals surface area contributed by atoms with Gasteiger partial charge in [-0.3, -0.25) is 0 Å². The van der Waals surface area contributed by atoms with Crippen LogP contribution in [0.2, 0.25) is 0 Å². The van der Waals surface area contributed by atoms with E-state index >= 15 is 0 Å². The van der Waals surface area contributed by atoms with E-state index in [1.165, 1.54) is 60.8 Å². The van der Waals surface area contributed by atoms with Gasteiger partial charge < -0.3 is 5.11 Å². The number of benzene rings is 1. The van der Waals surface area contributed by atoms with E-state index in [1.54, 1.807) is 0 Å². The molecule has 3 rings (SSSR count). The van der Waals surface area contributed by atoms with E-state index in [4.69, 9.17) is 0 Å². The molecule has 1 aromatic carbocycles. The molecule has 0 aromatic heterocycles. The van der Waals surface area contributed by atoms with E-state index in [1.807, 2.05) is 27.7 Å². The van der Waals surface area contributed by atoms with Gasteiger partial charge in [-0.1, -0.05) is 97.4 Å². The molecule has 2 aliphatic rings. The van der Waals surface area contributed by atoms with Crippen LogP contribution < -0.4 is 0 Å². The maximum absolute atomic E-state index is 9.89. The summed E-state index contributed by atoms with van der Waals surface area (Å²) in [7, 11) is 0. The third kappa shape index (κ3) is 11.6. The van der Waals surface area contributed by atoms with Crippen LogP contribution >= 0.6 is 0 Å². The van der Waals surface area contributed by atoms with Crippen LogP contribution in [0.3, 0.4) is 0 Å². The van der Waals surface area contributed by atoms with Crippen LogP contribution in [0.5, 0.6) is 0 Å². The summed E-state index contributed by atoms with van der Waals surface area (Å²) in [5, 5.41) is 9.89. The molecular formula is C28H50O. The van der Waals surface area contributed by atoms with Gasteiger partial charge in [0.15, 0.2) is 0 Å². The topological polar surface area (TPSA) is 20.2 Å². The Balaban J connectivity index is 0.000000732. The molecule has 2 fully saturated rings. The lowest BCUT2D eigenvalue weighted by Gasteiger charge is -2.13. The van der Waals surface area contributed by atoms with Gasteiger partial charge in [0.25, 0.3) is 0 Å². The second-order valence-electron chi connectivity index (χ2n) is 8.06. The second-order valence-corrected chi connectivity index (χ2v) is 8.06. The van der Waals surface area contributed by atoms with Crippen molar-refractivity contribution >= 4 is 5.57 Å². The zero-order chi connectivity index (χ0) is 22.1. The molecule has 29 heavy (non-hydrogen) atoms. The van der Waals surface area contributed by atoms with Gasteiger partial charge in [-0.15, -0.1) is 0 Å². The molecule has 0 radical (unpaired) electrons. The fourth-order valence-corrected chi connectivity index (χ4v) is 3.77. The first-order chi connectivity index (χ1) is 14.1. The van der Waals surface area contributed by atoms with E-state index in [9.17, 15) is 5.11 Å². The predicted molar refractivity (Wildman–Crippen MR) is 133 cm³/mol. The van der Waals surface area contributed by atoms with Crippen molar-refractivity contribution in [3.63, 3.8) is 0 Å². The Morgan fingerprint density at radius 1 is 1.00 bits per heavy atom. The minimum Gasteiger partial charge on any atom is -0.390 e. The summed E-state index contributed by atoms with van der Waals surface area (Å²) in [4.78, 5) is 0. The van der Waals surface area contributed by atoms with Gasteiger partial charge in [0, 0.05) is 0 Å². The number of rotatable bonds is 7. The fraction of sp³-hybridized carbons (Fsp3) is 0.714. The predicted octanol–water partition coefficient (Wildman–Crippen LogP) is 9.05. The normalized spacial score (nSPS) is 16.5. The largest absolute Gasteiger partial charge is 0.390 e. The molecule has 1 aromatic rings. The highest BCUT2D eigenvalue weighted by molar-refractivity contribution is 5.68. The number of hydrogen-bond acceptors (Lipinski definition) is 1. The van der Waals surface area contributed by atoms with E-state index in [-0.39, 0.29) is 5.60 Å². The van der Waals surface area contributed by atoms with E-state index < -0.39 is 0 Å². The molecule has 0 heterocycles. The van der Waals surface area contributed by atoms with Gasteiger partial charge in [-0.2, -0.15) is 0 Å². The number of hydrogen-bond donors (Lipinski definition) is 1. The van der Waals surface area contributed by atoms with Gasteiger partial charge in [-0.25, -0.2) is 0 Å². The lowest BCUT2D eigenvalue weighted by Crippen LogP contribution is -2.06. The van der Waals surface area contributed by atoms with Crippen LogP contribution in [0.15, 0.2) is 24.3 Å². The third-order valence-electron chi connectivity index (χ3n) is 5.70. The Hall–Kier alpha value is -1.08. The van der Waals surface area contributed by atoms with Gasteiger partial charge in [-0.05, 0) is 74.6 Å². The summed E-state index contributed by atoms with van der Waals surface area (Å²) in [5.74, 6) is 0. The highest BCUT2D eigenvalue weighted by Crippen LogP contribution is 2.39. The van der Waals surface area contributed by atoms with Crippen LogP contribution in [0.4, 0.5) is 0 Å². The minimum absolute atomic E-state index is 0.301. The molecule has 0 bridgehead atoms.